The minimum Gasteiger partial charge on any atom is -0.341 e. The van der Waals surface area contributed by atoms with E-state index in [2.05, 4.69) is 30.3 Å². The molecule has 0 bridgehead atoms. The van der Waals surface area contributed by atoms with Gasteiger partial charge in [-0.25, -0.2) is 0 Å². The molecule has 2 fully saturated rings. The van der Waals surface area contributed by atoms with Crippen molar-refractivity contribution >= 4 is 5.91 Å². The predicted molar refractivity (Wildman–Crippen MR) is 86.0 cm³/mol. The summed E-state index contributed by atoms with van der Waals surface area (Å²) in [5.41, 5.74) is 0.684. The van der Waals surface area contributed by atoms with Crippen LogP contribution >= 0.6 is 0 Å². The second kappa shape index (κ2) is 6.52. The lowest BCUT2D eigenvalue weighted by molar-refractivity contribution is -0.140. The fourth-order valence-corrected chi connectivity index (χ4v) is 3.94. The van der Waals surface area contributed by atoms with E-state index in [-0.39, 0.29) is 5.91 Å². The van der Waals surface area contributed by atoms with Gasteiger partial charge < -0.3 is 4.90 Å². The van der Waals surface area contributed by atoms with Gasteiger partial charge in [-0.05, 0) is 43.6 Å². The summed E-state index contributed by atoms with van der Waals surface area (Å²) in [5.74, 6) is 0.763. The first-order valence-electron chi connectivity index (χ1n) is 8.48. The molecule has 3 nitrogen and oxygen atoms in total. The van der Waals surface area contributed by atoms with Crippen molar-refractivity contribution in [2.45, 2.75) is 44.9 Å². The largest absolute Gasteiger partial charge is 0.341 e. The van der Waals surface area contributed by atoms with E-state index in [1.54, 1.807) is 0 Å². The number of piperidine rings is 1. The average molecular weight is 296 g/mol. The number of benzene rings is 1. The van der Waals surface area contributed by atoms with Gasteiger partial charge in [0.2, 0.25) is 5.91 Å². The van der Waals surface area contributed by atoms with Crippen LogP contribution < -0.4 is 0 Å². The van der Waals surface area contributed by atoms with E-state index < -0.39 is 5.41 Å². The van der Waals surface area contributed by atoms with Crippen molar-refractivity contribution in [3.05, 3.63) is 35.9 Å². The zero-order valence-corrected chi connectivity index (χ0v) is 13.1. The van der Waals surface area contributed by atoms with Crippen LogP contribution in [0, 0.1) is 22.7 Å². The molecule has 22 heavy (non-hydrogen) atoms. The Hall–Kier alpha value is -1.82. The van der Waals surface area contributed by atoms with Gasteiger partial charge in [-0.2, -0.15) is 5.26 Å². The van der Waals surface area contributed by atoms with Crippen molar-refractivity contribution in [2.24, 2.45) is 11.3 Å². The maximum absolute atomic E-state index is 12.7. The zero-order chi connectivity index (χ0) is 15.4. The number of hydrogen-bond acceptors (Lipinski definition) is 2. The standard InChI is InChI=1S/C19H24N2O/c20-15-19(10-4-5-11-19)18(22)21-12-8-17(9-13-21)14-16-6-2-1-3-7-16/h1-3,6-7,17H,4-5,8-14H2. The first kappa shape index (κ1) is 15.1. The van der Waals surface area contributed by atoms with Crippen molar-refractivity contribution < 1.29 is 4.79 Å². The highest BCUT2D eigenvalue weighted by molar-refractivity contribution is 5.85. The predicted octanol–water partition coefficient (Wildman–Crippen LogP) is 3.55. The molecule has 0 spiro atoms. The SMILES string of the molecule is N#CC1(C(=O)N2CCC(Cc3ccccc3)CC2)CCCC1. The number of rotatable bonds is 3. The summed E-state index contributed by atoms with van der Waals surface area (Å²) < 4.78 is 0. The molecule has 1 aliphatic carbocycles. The van der Waals surface area contributed by atoms with Gasteiger partial charge in [0.15, 0.2) is 0 Å². The fraction of sp³-hybridized carbons (Fsp3) is 0.579. The molecule has 1 aromatic rings. The Morgan fingerprint density at radius 3 is 2.41 bits per heavy atom. The molecule has 1 aromatic carbocycles. The molecule has 3 rings (SSSR count). The molecular formula is C19H24N2O. The quantitative estimate of drug-likeness (QED) is 0.856. The van der Waals surface area contributed by atoms with Crippen LogP contribution in [0.3, 0.4) is 0 Å². The normalized spacial score (nSPS) is 21.5. The Kier molecular flexibility index (Phi) is 4.47. The molecule has 0 aromatic heterocycles. The zero-order valence-electron chi connectivity index (χ0n) is 13.1. The summed E-state index contributed by atoms with van der Waals surface area (Å²) >= 11 is 0. The average Bonchev–Trinajstić information content (AvgIpc) is 3.06. The van der Waals surface area contributed by atoms with Gasteiger partial charge in [0.1, 0.15) is 5.41 Å². The highest BCUT2D eigenvalue weighted by atomic mass is 16.2. The lowest BCUT2D eigenvalue weighted by atomic mass is 9.84. The van der Waals surface area contributed by atoms with E-state index >= 15 is 0 Å². The van der Waals surface area contributed by atoms with Crippen LogP contribution in [0.25, 0.3) is 0 Å². The summed E-state index contributed by atoms with van der Waals surface area (Å²) in [6.45, 7) is 1.64. The summed E-state index contributed by atoms with van der Waals surface area (Å²) in [5, 5.41) is 9.47. The molecule has 116 valence electrons. The topological polar surface area (TPSA) is 44.1 Å². The molecule has 2 aliphatic rings. The molecule has 1 saturated carbocycles. The summed E-state index contributed by atoms with van der Waals surface area (Å²) in [4.78, 5) is 14.7. The maximum atomic E-state index is 12.7. The number of amides is 1. The lowest BCUT2D eigenvalue weighted by Gasteiger charge is -2.35. The Morgan fingerprint density at radius 1 is 1.18 bits per heavy atom. The molecular weight excluding hydrogens is 272 g/mol. The minimum absolute atomic E-state index is 0.102. The summed E-state index contributed by atoms with van der Waals surface area (Å²) in [7, 11) is 0. The van der Waals surface area contributed by atoms with E-state index in [0.29, 0.717) is 5.92 Å². The Labute approximate surface area is 132 Å². The second-order valence-electron chi connectivity index (χ2n) is 6.83. The van der Waals surface area contributed by atoms with Gasteiger partial charge in [0, 0.05) is 13.1 Å². The smallest absolute Gasteiger partial charge is 0.243 e. The van der Waals surface area contributed by atoms with Gasteiger partial charge >= 0.3 is 0 Å². The van der Waals surface area contributed by atoms with Crippen LogP contribution in [0.1, 0.15) is 44.1 Å². The van der Waals surface area contributed by atoms with Crippen molar-refractivity contribution in [2.75, 3.05) is 13.1 Å². The van der Waals surface area contributed by atoms with Crippen LogP contribution in [0.4, 0.5) is 0 Å². The number of nitriles is 1. The van der Waals surface area contributed by atoms with E-state index in [1.807, 2.05) is 11.0 Å². The van der Waals surface area contributed by atoms with Crippen LogP contribution in [0.15, 0.2) is 30.3 Å². The Morgan fingerprint density at radius 2 is 1.82 bits per heavy atom. The highest BCUT2D eigenvalue weighted by Crippen LogP contribution is 2.40. The van der Waals surface area contributed by atoms with Gasteiger partial charge in [0.05, 0.1) is 6.07 Å². The molecule has 0 radical (unpaired) electrons. The first-order chi connectivity index (χ1) is 10.7. The molecule has 1 aliphatic heterocycles. The van der Waals surface area contributed by atoms with Crippen LogP contribution in [0.5, 0.6) is 0 Å². The summed E-state index contributed by atoms with van der Waals surface area (Å²) in [6.07, 6.45) is 6.77. The van der Waals surface area contributed by atoms with Crippen molar-refractivity contribution in [1.82, 2.24) is 4.90 Å². The highest BCUT2D eigenvalue weighted by Gasteiger charge is 2.44. The molecule has 0 N–H and O–H groups in total. The fourth-order valence-electron chi connectivity index (χ4n) is 3.94. The maximum Gasteiger partial charge on any atom is 0.243 e. The first-order valence-corrected chi connectivity index (χ1v) is 8.48. The van der Waals surface area contributed by atoms with Crippen LogP contribution in [-0.2, 0) is 11.2 Å². The monoisotopic (exact) mass is 296 g/mol. The molecule has 1 saturated heterocycles. The van der Waals surface area contributed by atoms with Crippen molar-refractivity contribution in [3.8, 4) is 6.07 Å². The number of hydrogen-bond donors (Lipinski definition) is 0. The van der Waals surface area contributed by atoms with E-state index in [4.69, 9.17) is 0 Å². The van der Waals surface area contributed by atoms with E-state index in [1.165, 1.54) is 5.56 Å². The van der Waals surface area contributed by atoms with Gasteiger partial charge in [-0.1, -0.05) is 43.2 Å². The second-order valence-corrected chi connectivity index (χ2v) is 6.83. The number of carbonyl (C=O) groups is 1. The molecule has 1 amide bonds. The lowest BCUT2D eigenvalue weighted by Crippen LogP contribution is -2.46. The number of likely N-dealkylation sites (tertiary alicyclic amines) is 1. The number of nitrogens with zero attached hydrogens (tertiary/aromatic N) is 2. The van der Waals surface area contributed by atoms with Crippen molar-refractivity contribution in [3.63, 3.8) is 0 Å². The Bertz CT molecular complexity index is 547. The van der Waals surface area contributed by atoms with Crippen LogP contribution in [0.2, 0.25) is 0 Å². The van der Waals surface area contributed by atoms with E-state index in [9.17, 15) is 10.1 Å². The third kappa shape index (κ3) is 3.02. The number of carbonyl (C=O) groups excluding carboxylic acids is 1. The molecule has 3 heteroatoms. The third-order valence-electron chi connectivity index (χ3n) is 5.35. The Balaban J connectivity index is 1.55. The van der Waals surface area contributed by atoms with Crippen LogP contribution in [-0.4, -0.2) is 23.9 Å². The van der Waals surface area contributed by atoms with Crippen molar-refractivity contribution in [1.29, 1.82) is 5.26 Å². The molecule has 0 atom stereocenters. The third-order valence-corrected chi connectivity index (χ3v) is 5.35. The van der Waals surface area contributed by atoms with Gasteiger partial charge in [-0.15, -0.1) is 0 Å². The summed E-state index contributed by atoms with van der Waals surface area (Å²) in [6, 6.07) is 12.9. The minimum atomic E-state index is -0.702. The molecule has 0 unspecified atom stereocenters. The van der Waals surface area contributed by atoms with Gasteiger partial charge in [-0.3, -0.25) is 4.79 Å². The molecule has 1 heterocycles. The van der Waals surface area contributed by atoms with Gasteiger partial charge in [0.25, 0.3) is 0 Å². The van der Waals surface area contributed by atoms with E-state index in [0.717, 1.165) is 58.0 Å².